The highest BCUT2D eigenvalue weighted by Crippen LogP contribution is 2.30. The molecule has 1 atom stereocenters. The van der Waals surface area contributed by atoms with Gasteiger partial charge in [0.25, 0.3) is 0 Å². The zero-order valence-electron chi connectivity index (χ0n) is 11.5. The maximum atomic E-state index is 6.00. The lowest BCUT2D eigenvalue weighted by atomic mass is 10.1. The van der Waals surface area contributed by atoms with Gasteiger partial charge in [-0.3, -0.25) is 0 Å². The summed E-state index contributed by atoms with van der Waals surface area (Å²) in [5.74, 6) is 0.928. The van der Waals surface area contributed by atoms with Crippen LogP contribution in [0.4, 0.5) is 0 Å². The molecule has 1 N–H and O–H groups in total. The SMILES string of the molecule is CCNC(C)c1ccc(Br)cc1OCc1cc(Br)cs1. The Bertz CT molecular complexity index is 571. The second-order valence-electron chi connectivity index (χ2n) is 4.48. The van der Waals surface area contributed by atoms with Crippen molar-refractivity contribution in [2.24, 2.45) is 0 Å². The van der Waals surface area contributed by atoms with E-state index in [1.54, 1.807) is 11.3 Å². The van der Waals surface area contributed by atoms with E-state index in [1.165, 1.54) is 10.4 Å². The Morgan fingerprint density at radius 1 is 1.25 bits per heavy atom. The molecule has 1 aromatic heterocycles. The van der Waals surface area contributed by atoms with Crippen molar-refractivity contribution in [2.75, 3.05) is 6.54 Å². The number of benzene rings is 1. The van der Waals surface area contributed by atoms with E-state index in [2.05, 4.69) is 74.6 Å². The van der Waals surface area contributed by atoms with Gasteiger partial charge < -0.3 is 10.1 Å². The number of hydrogen-bond donors (Lipinski definition) is 1. The lowest BCUT2D eigenvalue weighted by Gasteiger charge is -2.17. The topological polar surface area (TPSA) is 21.3 Å². The van der Waals surface area contributed by atoms with Gasteiger partial charge >= 0.3 is 0 Å². The second kappa shape index (κ2) is 7.59. The molecular formula is C15H17Br2NOS. The number of nitrogens with one attached hydrogen (secondary N) is 1. The number of halogens is 2. The molecule has 1 aromatic carbocycles. The fourth-order valence-corrected chi connectivity index (χ4v) is 3.69. The summed E-state index contributed by atoms with van der Waals surface area (Å²) in [5.41, 5.74) is 1.19. The van der Waals surface area contributed by atoms with Crippen LogP contribution in [0.15, 0.2) is 38.6 Å². The summed E-state index contributed by atoms with van der Waals surface area (Å²) in [4.78, 5) is 1.21. The molecule has 2 rings (SSSR count). The van der Waals surface area contributed by atoms with Crippen LogP contribution >= 0.6 is 43.2 Å². The predicted molar refractivity (Wildman–Crippen MR) is 92.6 cm³/mol. The van der Waals surface area contributed by atoms with E-state index in [1.807, 2.05) is 6.07 Å². The maximum Gasteiger partial charge on any atom is 0.125 e. The minimum atomic E-state index is 0.276. The van der Waals surface area contributed by atoms with Crippen molar-refractivity contribution >= 4 is 43.2 Å². The molecule has 0 saturated carbocycles. The van der Waals surface area contributed by atoms with Gasteiger partial charge in [0.2, 0.25) is 0 Å². The number of thiophene rings is 1. The molecule has 0 spiro atoms. The van der Waals surface area contributed by atoms with Crippen LogP contribution in [0.3, 0.4) is 0 Å². The zero-order chi connectivity index (χ0) is 14.5. The van der Waals surface area contributed by atoms with Crippen LogP contribution in [0.25, 0.3) is 0 Å². The van der Waals surface area contributed by atoms with Crippen LogP contribution in [-0.4, -0.2) is 6.54 Å². The molecule has 0 saturated heterocycles. The van der Waals surface area contributed by atoms with E-state index < -0.39 is 0 Å². The molecule has 0 amide bonds. The van der Waals surface area contributed by atoms with Gasteiger partial charge in [-0.15, -0.1) is 11.3 Å². The lowest BCUT2D eigenvalue weighted by Crippen LogP contribution is -2.18. The fourth-order valence-electron chi connectivity index (χ4n) is 1.99. The van der Waals surface area contributed by atoms with E-state index in [0.29, 0.717) is 6.61 Å². The smallest absolute Gasteiger partial charge is 0.125 e. The maximum absolute atomic E-state index is 6.00. The summed E-state index contributed by atoms with van der Waals surface area (Å²) in [6, 6.07) is 8.56. The second-order valence-corrected chi connectivity index (χ2v) is 7.31. The van der Waals surface area contributed by atoms with Gasteiger partial charge in [-0.2, -0.15) is 0 Å². The largest absolute Gasteiger partial charge is 0.488 e. The molecule has 1 unspecified atom stereocenters. The predicted octanol–water partition coefficient (Wildman–Crippen LogP) is 5.52. The van der Waals surface area contributed by atoms with Crippen LogP contribution in [0.2, 0.25) is 0 Å². The quantitative estimate of drug-likeness (QED) is 0.666. The van der Waals surface area contributed by atoms with Gasteiger partial charge in [0.05, 0.1) is 0 Å². The Hall–Kier alpha value is -0.360. The van der Waals surface area contributed by atoms with Gasteiger partial charge in [-0.05, 0) is 47.6 Å². The molecule has 1 heterocycles. The zero-order valence-corrected chi connectivity index (χ0v) is 15.4. The van der Waals surface area contributed by atoms with E-state index in [4.69, 9.17) is 4.74 Å². The van der Waals surface area contributed by atoms with Crippen LogP contribution in [0.1, 0.15) is 30.3 Å². The van der Waals surface area contributed by atoms with Gasteiger partial charge in [0.1, 0.15) is 12.4 Å². The molecule has 0 radical (unpaired) electrons. The first-order chi connectivity index (χ1) is 9.60. The molecule has 0 bridgehead atoms. The minimum Gasteiger partial charge on any atom is -0.488 e. The molecule has 0 aliphatic carbocycles. The van der Waals surface area contributed by atoms with Gasteiger partial charge in [0, 0.05) is 30.8 Å². The Morgan fingerprint density at radius 3 is 2.70 bits per heavy atom. The number of hydrogen-bond acceptors (Lipinski definition) is 3. The average molecular weight is 419 g/mol. The van der Waals surface area contributed by atoms with Crippen molar-refractivity contribution < 1.29 is 4.74 Å². The third kappa shape index (κ3) is 4.32. The summed E-state index contributed by atoms with van der Waals surface area (Å²) in [6.07, 6.45) is 0. The molecule has 0 aliphatic heterocycles. The first-order valence-corrected chi connectivity index (χ1v) is 8.95. The summed E-state index contributed by atoms with van der Waals surface area (Å²) >= 11 is 8.67. The van der Waals surface area contributed by atoms with Crippen molar-refractivity contribution in [1.29, 1.82) is 0 Å². The van der Waals surface area contributed by atoms with Gasteiger partial charge in [0.15, 0.2) is 0 Å². The van der Waals surface area contributed by atoms with Gasteiger partial charge in [-0.25, -0.2) is 0 Å². The molecule has 5 heteroatoms. The molecule has 0 aliphatic rings. The minimum absolute atomic E-state index is 0.276. The third-order valence-corrected chi connectivity index (χ3v) is 5.11. The normalized spacial score (nSPS) is 12.4. The summed E-state index contributed by atoms with van der Waals surface area (Å²) in [6.45, 7) is 5.80. The Balaban J connectivity index is 2.14. The van der Waals surface area contributed by atoms with E-state index >= 15 is 0 Å². The number of rotatable bonds is 6. The summed E-state index contributed by atoms with van der Waals surface area (Å²) < 4.78 is 8.15. The third-order valence-electron chi connectivity index (χ3n) is 2.94. The fraction of sp³-hybridized carbons (Fsp3) is 0.333. The first-order valence-electron chi connectivity index (χ1n) is 6.48. The summed E-state index contributed by atoms with van der Waals surface area (Å²) in [7, 11) is 0. The average Bonchev–Trinajstić information content (AvgIpc) is 2.82. The number of ether oxygens (including phenoxy) is 1. The lowest BCUT2D eigenvalue weighted by molar-refractivity contribution is 0.303. The van der Waals surface area contributed by atoms with Crippen LogP contribution in [0.5, 0.6) is 5.75 Å². The highest BCUT2D eigenvalue weighted by molar-refractivity contribution is 9.10. The van der Waals surface area contributed by atoms with Crippen LogP contribution < -0.4 is 10.1 Å². The highest BCUT2D eigenvalue weighted by Gasteiger charge is 2.12. The molecule has 2 aromatic rings. The van der Waals surface area contributed by atoms with Crippen LogP contribution in [-0.2, 0) is 6.61 Å². The van der Waals surface area contributed by atoms with Crippen LogP contribution in [0, 0.1) is 0 Å². The van der Waals surface area contributed by atoms with Crippen molar-refractivity contribution in [3.8, 4) is 5.75 Å². The van der Waals surface area contributed by atoms with Crippen molar-refractivity contribution in [3.63, 3.8) is 0 Å². The monoisotopic (exact) mass is 417 g/mol. The molecular weight excluding hydrogens is 402 g/mol. The van der Waals surface area contributed by atoms with Crippen molar-refractivity contribution in [3.05, 3.63) is 49.0 Å². The Kier molecular flexibility index (Phi) is 6.08. The van der Waals surface area contributed by atoms with E-state index in [-0.39, 0.29) is 6.04 Å². The Morgan fingerprint density at radius 2 is 2.05 bits per heavy atom. The van der Waals surface area contributed by atoms with Crippen molar-refractivity contribution in [1.82, 2.24) is 5.32 Å². The molecule has 0 fully saturated rings. The Labute approximate surface area is 140 Å². The standard InChI is InChI=1S/C15H17Br2NOS/c1-3-18-10(2)14-5-4-11(16)7-15(14)19-8-13-6-12(17)9-20-13/h4-7,9-10,18H,3,8H2,1-2H3. The van der Waals surface area contributed by atoms with E-state index in [0.717, 1.165) is 21.2 Å². The molecule has 2 nitrogen and oxygen atoms in total. The summed E-state index contributed by atoms with van der Waals surface area (Å²) in [5, 5.41) is 5.49. The molecule has 20 heavy (non-hydrogen) atoms. The molecule has 108 valence electrons. The van der Waals surface area contributed by atoms with Gasteiger partial charge in [-0.1, -0.05) is 28.9 Å². The highest BCUT2D eigenvalue weighted by atomic mass is 79.9. The van der Waals surface area contributed by atoms with E-state index in [9.17, 15) is 0 Å². The van der Waals surface area contributed by atoms with Crippen molar-refractivity contribution in [2.45, 2.75) is 26.5 Å². The first kappa shape index (κ1) is 16.0.